The van der Waals surface area contributed by atoms with Crippen molar-refractivity contribution in [3.05, 3.63) is 0 Å². The quantitative estimate of drug-likeness (QED) is 0.217. The molecule has 210 valence electrons. The van der Waals surface area contributed by atoms with Crippen molar-refractivity contribution in [3.63, 3.8) is 0 Å². The standard InChI is InChI=1S/C25H47N3O8/c1-14(2)10-17(20(30)13-22(32)35-9)27-23(33)16(5)26-21(31)12-19(29)18(11-15(3)4)28-24(34)36-25(6,7)8/h14-20,29-30H,10-13H2,1-9H3,(H,26,31)(H,27,33)(H,28,34)/t16-,17-,18-,19-,20-/m0/s1. The number of rotatable bonds is 14. The van der Waals surface area contributed by atoms with Gasteiger partial charge in [-0.2, -0.15) is 0 Å². The number of carbonyl (C=O) groups excluding carboxylic acids is 4. The van der Waals surface area contributed by atoms with E-state index in [-0.39, 0.29) is 24.7 Å². The minimum atomic E-state index is -1.20. The molecule has 36 heavy (non-hydrogen) atoms. The van der Waals surface area contributed by atoms with Crippen LogP contribution in [0.25, 0.3) is 0 Å². The zero-order chi connectivity index (χ0) is 28.2. The molecule has 0 aromatic carbocycles. The first-order valence-electron chi connectivity index (χ1n) is 12.5. The van der Waals surface area contributed by atoms with Crippen molar-refractivity contribution < 1.29 is 38.9 Å². The summed E-state index contributed by atoms with van der Waals surface area (Å²) < 4.78 is 9.83. The maximum atomic E-state index is 12.7. The SMILES string of the molecule is COC(=O)C[C@H](O)[C@H](CC(C)C)NC(=O)[C@H](C)NC(=O)C[C@H](O)[C@H](CC(C)C)NC(=O)OC(C)(C)C. The van der Waals surface area contributed by atoms with Crippen LogP contribution < -0.4 is 16.0 Å². The van der Waals surface area contributed by atoms with Gasteiger partial charge in [-0.3, -0.25) is 14.4 Å². The van der Waals surface area contributed by atoms with E-state index in [0.29, 0.717) is 12.8 Å². The van der Waals surface area contributed by atoms with Crippen molar-refractivity contribution in [1.29, 1.82) is 0 Å². The summed E-state index contributed by atoms with van der Waals surface area (Å²) in [6.45, 7) is 14.3. The van der Waals surface area contributed by atoms with Crippen LogP contribution in [0, 0.1) is 11.8 Å². The molecule has 5 N–H and O–H groups in total. The first kappa shape index (κ1) is 33.6. The molecular formula is C25H47N3O8. The minimum absolute atomic E-state index is 0.123. The number of nitrogens with one attached hydrogen (secondary N) is 3. The number of aliphatic hydroxyl groups excluding tert-OH is 2. The summed E-state index contributed by atoms with van der Waals surface area (Å²) in [4.78, 5) is 48.9. The van der Waals surface area contributed by atoms with Crippen LogP contribution in [-0.4, -0.2) is 77.1 Å². The predicted octanol–water partition coefficient (Wildman–Crippen LogP) is 1.64. The molecule has 0 aromatic rings. The number of hydrogen-bond acceptors (Lipinski definition) is 8. The Morgan fingerprint density at radius 1 is 0.778 bits per heavy atom. The van der Waals surface area contributed by atoms with E-state index < -0.39 is 59.8 Å². The highest BCUT2D eigenvalue weighted by Crippen LogP contribution is 2.14. The fraction of sp³-hybridized carbons (Fsp3) is 0.840. The molecule has 5 atom stereocenters. The van der Waals surface area contributed by atoms with Gasteiger partial charge in [-0.1, -0.05) is 27.7 Å². The lowest BCUT2D eigenvalue weighted by molar-refractivity contribution is -0.143. The molecule has 0 saturated carbocycles. The summed E-state index contributed by atoms with van der Waals surface area (Å²) in [5.41, 5.74) is -0.713. The fourth-order valence-corrected chi connectivity index (χ4v) is 3.50. The molecule has 0 unspecified atom stereocenters. The Balaban J connectivity index is 5.09. The van der Waals surface area contributed by atoms with Crippen molar-refractivity contribution >= 4 is 23.9 Å². The number of carbonyl (C=O) groups is 4. The van der Waals surface area contributed by atoms with Crippen LogP contribution in [0.15, 0.2) is 0 Å². The number of esters is 1. The number of hydrogen-bond donors (Lipinski definition) is 5. The third kappa shape index (κ3) is 14.9. The largest absolute Gasteiger partial charge is 0.469 e. The van der Waals surface area contributed by atoms with Crippen molar-refractivity contribution in [2.24, 2.45) is 11.8 Å². The first-order valence-corrected chi connectivity index (χ1v) is 12.5. The van der Waals surface area contributed by atoms with E-state index in [9.17, 15) is 29.4 Å². The zero-order valence-electron chi connectivity index (χ0n) is 23.2. The first-order chi connectivity index (χ1) is 16.4. The fourth-order valence-electron chi connectivity index (χ4n) is 3.50. The summed E-state index contributed by atoms with van der Waals surface area (Å²) in [6.07, 6.45) is -2.83. The maximum absolute atomic E-state index is 12.7. The number of amides is 3. The third-order valence-corrected chi connectivity index (χ3v) is 5.18. The molecule has 0 aliphatic rings. The van der Waals surface area contributed by atoms with E-state index in [2.05, 4.69) is 20.7 Å². The van der Waals surface area contributed by atoms with Crippen LogP contribution in [0.5, 0.6) is 0 Å². The minimum Gasteiger partial charge on any atom is -0.469 e. The molecular weight excluding hydrogens is 470 g/mol. The summed E-state index contributed by atoms with van der Waals surface area (Å²) in [7, 11) is 1.21. The van der Waals surface area contributed by atoms with E-state index in [0.717, 1.165) is 0 Å². The summed E-state index contributed by atoms with van der Waals surface area (Å²) in [6, 6.07) is -2.40. The van der Waals surface area contributed by atoms with Crippen LogP contribution >= 0.6 is 0 Å². The van der Waals surface area contributed by atoms with Gasteiger partial charge in [0.15, 0.2) is 0 Å². The molecule has 0 bridgehead atoms. The molecule has 0 spiro atoms. The molecule has 0 rings (SSSR count). The van der Waals surface area contributed by atoms with Crippen LogP contribution in [-0.2, 0) is 23.9 Å². The van der Waals surface area contributed by atoms with Crippen LogP contribution in [0.1, 0.15) is 81.1 Å². The van der Waals surface area contributed by atoms with Crippen molar-refractivity contribution in [2.75, 3.05) is 7.11 Å². The lowest BCUT2D eigenvalue weighted by Crippen LogP contribution is -2.53. The van der Waals surface area contributed by atoms with Gasteiger partial charge in [0.2, 0.25) is 11.8 Å². The van der Waals surface area contributed by atoms with Crippen molar-refractivity contribution in [3.8, 4) is 0 Å². The highest BCUT2D eigenvalue weighted by Gasteiger charge is 2.30. The molecule has 0 heterocycles. The van der Waals surface area contributed by atoms with E-state index >= 15 is 0 Å². The summed E-state index contributed by atoms with van der Waals surface area (Å²) >= 11 is 0. The van der Waals surface area contributed by atoms with Crippen LogP contribution in [0.3, 0.4) is 0 Å². The van der Waals surface area contributed by atoms with Crippen molar-refractivity contribution in [2.45, 2.75) is 117 Å². The Bertz CT molecular complexity index is 721. The Morgan fingerprint density at radius 3 is 1.69 bits per heavy atom. The maximum Gasteiger partial charge on any atom is 0.407 e. The van der Waals surface area contributed by atoms with E-state index in [1.807, 2.05) is 27.7 Å². The van der Waals surface area contributed by atoms with Crippen LogP contribution in [0.2, 0.25) is 0 Å². The lowest BCUT2D eigenvalue weighted by atomic mass is 9.96. The monoisotopic (exact) mass is 517 g/mol. The zero-order valence-corrected chi connectivity index (χ0v) is 23.2. The molecule has 0 aliphatic carbocycles. The molecule has 11 nitrogen and oxygen atoms in total. The van der Waals surface area contributed by atoms with E-state index in [1.54, 1.807) is 20.8 Å². The van der Waals surface area contributed by atoms with Gasteiger partial charge in [0.1, 0.15) is 11.6 Å². The number of aliphatic hydroxyl groups is 2. The second-order valence-electron chi connectivity index (χ2n) is 11.0. The average Bonchev–Trinajstić information content (AvgIpc) is 2.70. The Labute approximate surface area is 215 Å². The van der Waals surface area contributed by atoms with Gasteiger partial charge in [0.25, 0.3) is 0 Å². The van der Waals surface area contributed by atoms with Crippen LogP contribution in [0.4, 0.5) is 4.79 Å². The van der Waals surface area contributed by atoms with E-state index in [1.165, 1.54) is 14.0 Å². The Morgan fingerprint density at radius 2 is 1.25 bits per heavy atom. The molecule has 3 amide bonds. The second kappa shape index (κ2) is 15.7. The average molecular weight is 518 g/mol. The number of ether oxygens (including phenoxy) is 2. The highest BCUT2D eigenvalue weighted by molar-refractivity contribution is 5.87. The molecule has 0 aromatic heterocycles. The predicted molar refractivity (Wildman–Crippen MR) is 135 cm³/mol. The highest BCUT2D eigenvalue weighted by atomic mass is 16.6. The van der Waals surface area contributed by atoms with E-state index in [4.69, 9.17) is 4.74 Å². The Hall–Kier alpha value is -2.40. The lowest BCUT2D eigenvalue weighted by Gasteiger charge is -2.28. The van der Waals surface area contributed by atoms with Gasteiger partial charge in [-0.05, 0) is 52.4 Å². The number of alkyl carbamates (subject to hydrolysis) is 1. The molecule has 0 aliphatic heterocycles. The van der Waals surface area contributed by atoms with Gasteiger partial charge in [0.05, 0.1) is 44.2 Å². The number of methoxy groups -OCH3 is 1. The smallest absolute Gasteiger partial charge is 0.407 e. The summed E-state index contributed by atoms with van der Waals surface area (Å²) in [5.74, 6) is -1.48. The molecule has 11 heteroatoms. The normalized spacial score (nSPS) is 15.9. The van der Waals surface area contributed by atoms with Gasteiger partial charge >= 0.3 is 12.1 Å². The summed E-state index contributed by atoms with van der Waals surface area (Å²) in [5, 5.41) is 28.9. The molecule has 0 radical (unpaired) electrons. The van der Waals surface area contributed by atoms with Gasteiger partial charge in [-0.15, -0.1) is 0 Å². The van der Waals surface area contributed by atoms with Gasteiger partial charge < -0.3 is 35.6 Å². The van der Waals surface area contributed by atoms with Gasteiger partial charge in [-0.25, -0.2) is 4.79 Å². The molecule has 0 fully saturated rings. The molecule has 0 saturated heterocycles. The topological polar surface area (TPSA) is 163 Å². The Kier molecular flexibility index (Phi) is 14.6. The second-order valence-corrected chi connectivity index (χ2v) is 11.0. The third-order valence-electron chi connectivity index (χ3n) is 5.18. The van der Waals surface area contributed by atoms with Gasteiger partial charge in [0, 0.05) is 0 Å². The van der Waals surface area contributed by atoms with Crippen molar-refractivity contribution in [1.82, 2.24) is 16.0 Å².